The van der Waals surface area contributed by atoms with Gasteiger partial charge in [-0.3, -0.25) is 9.52 Å². The number of hydrogen-bond donors (Lipinski definition) is 5. The number of ketones is 1. The summed E-state index contributed by atoms with van der Waals surface area (Å²) in [7, 11) is -5.60. The van der Waals surface area contributed by atoms with Gasteiger partial charge >= 0.3 is 15.5 Å². The van der Waals surface area contributed by atoms with E-state index in [2.05, 4.69) is 65.4 Å². The highest BCUT2D eigenvalue weighted by Gasteiger charge is 2.46. The molecule has 12 nitrogen and oxygen atoms in total. The maximum Gasteiger partial charge on any atom is 0.516 e. The van der Waals surface area contributed by atoms with Crippen molar-refractivity contribution in [2.75, 3.05) is 11.3 Å². The summed E-state index contributed by atoms with van der Waals surface area (Å²) in [6, 6.07) is 59.0. The standard InChI is InChI=1S/C25H18F5N3O3S.C23H17ClN2O.C23H15ClN2O/c1-24(26,27)15-36-18-10-6-16(7-11-18)8-13-23-31-21-12-9-17(14-22(21)32-23)19-4-2-3-5-20(19)33-37(34,35)25(28,29)30;2*1-15(27)19-7-2-3-8-20(19)17-10-11-21-22(14-17)26-23(25-21)12-9-16-5-4-6-18(24)13-16/h2-7,9-12,14,33H,15H2,1H3,(H,31,32);2-8,10-11,13-15,27H,1H3,(H,25,26);2-8,10-11,13-14H,1H3,(H,25,26). The molecule has 0 spiro atoms. The summed E-state index contributed by atoms with van der Waals surface area (Å²) >= 11 is 12.0. The highest BCUT2D eigenvalue weighted by molar-refractivity contribution is 7.93. The van der Waals surface area contributed by atoms with E-state index in [1.54, 1.807) is 55.0 Å². The van der Waals surface area contributed by atoms with Gasteiger partial charge in [0, 0.05) is 44.8 Å². The van der Waals surface area contributed by atoms with E-state index in [0.717, 1.165) is 67.9 Å². The van der Waals surface area contributed by atoms with E-state index in [1.165, 1.54) is 30.3 Å². The number of benzene rings is 9. The number of anilines is 1. The molecule has 3 heterocycles. The molecule has 12 aromatic rings. The van der Waals surface area contributed by atoms with Crippen molar-refractivity contribution in [1.29, 1.82) is 0 Å². The monoisotopic (exact) mass is 1280 g/mol. The second kappa shape index (κ2) is 27.5. The lowest BCUT2D eigenvalue weighted by Gasteiger charge is -2.14. The minimum atomic E-state index is -5.60. The number of rotatable bonds is 10. The number of alkyl halides is 5. The maximum atomic E-state index is 12.9. The highest BCUT2D eigenvalue weighted by atomic mass is 35.5. The summed E-state index contributed by atoms with van der Waals surface area (Å²) in [4.78, 5) is 34.8. The molecule has 12 rings (SSSR count). The van der Waals surface area contributed by atoms with Crippen LogP contribution in [0.15, 0.2) is 200 Å². The van der Waals surface area contributed by atoms with Gasteiger partial charge in [0.2, 0.25) is 0 Å². The molecule has 0 aliphatic carbocycles. The summed E-state index contributed by atoms with van der Waals surface area (Å²) in [5, 5.41) is 11.3. The number of sulfonamides is 1. The fourth-order valence-corrected chi connectivity index (χ4v) is 10.2. The Kier molecular flexibility index (Phi) is 19.2. The van der Waals surface area contributed by atoms with Crippen molar-refractivity contribution in [2.45, 2.75) is 38.3 Å². The van der Waals surface area contributed by atoms with Gasteiger partial charge in [-0.1, -0.05) is 138 Å². The molecule has 5 N–H and O–H groups in total. The molecule has 3 aromatic heterocycles. The molecule has 1 atom stereocenters. The zero-order valence-electron chi connectivity index (χ0n) is 48.3. The molecule has 0 aliphatic rings. The zero-order chi connectivity index (χ0) is 64.5. The Morgan fingerprint density at radius 1 is 0.549 bits per heavy atom. The molecule has 0 bridgehead atoms. The minimum Gasteiger partial charge on any atom is -0.487 e. The molecule has 0 saturated carbocycles. The third-order valence-electron chi connectivity index (χ3n) is 13.5. The number of aliphatic hydroxyl groups is 1. The fraction of sp³-hybridized carbons (Fsp3) is 0.0986. The second-order valence-corrected chi connectivity index (χ2v) is 23.1. The van der Waals surface area contributed by atoms with E-state index in [9.17, 15) is 40.3 Å². The average molecular weight is 1280 g/mol. The third-order valence-corrected chi connectivity index (χ3v) is 15.1. The average Bonchev–Trinajstić information content (AvgIpc) is 1.87. The van der Waals surface area contributed by atoms with Gasteiger partial charge in [0.05, 0.1) is 44.9 Å². The Morgan fingerprint density at radius 2 is 0.989 bits per heavy atom. The number of hydrogen-bond acceptors (Lipinski definition) is 8. The number of nitrogens with one attached hydrogen (secondary N) is 4. The maximum absolute atomic E-state index is 12.9. The van der Waals surface area contributed by atoms with Crippen LogP contribution in [0.5, 0.6) is 5.75 Å². The van der Waals surface area contributed by atoms with Crippen LogP contribution in [0.3, 0.4) is 0 Å². The number of para-hydroxylation sites is 1. The first kappa shape index (κ1) is 63.5. The van der Waals surface area contributed by atoms with Crippen LogP contribution in [-0.2, 0) is 10.0 Å². The van der Waals surface area contributed by atoms with E-state index < -0.39 is 34.2 Å². The molecule has 0 fully saturated rings. The summed E-state index contributed by atoms with van der Waals surface area (Å²) in [5.74, 6) is 16.8. The molecule has 91 heavy (non-hydrogen) atoms. The van der Waals surface area contributed by atoms with Gasteiger partial charge in [-0.15, -0.1) is 0 Å². The van der Waals surface area contributed by atoms with Crippen molar-refractivity contribution in [3.8, 4) is 74.7 Å². The Labute approximate surface area is 529 Å². The molecule has 0 aliphatic heterocycles. The number of carbonyl (C=O) groups excluding carboxylic acids is 1. The SMILES string of the molecule is CC(=O)c1ccccc1-c1ccc2nc(C#Cc3cccc(Cl)c3)[nH]c2c1.CC(F)(F)COc1ccc(C#Cc2nc3ccc(-c4ccccc4NS(=O)(=O)C(F)(F)F)cc3[nH]2)cc1.CC(O)c1ccccc1-c1ccc2nc(C#Cc3cccc(Cl)c3)[nH]c2c1. The first-order valence-electron chi connectivity index (χ1n) is 27.7. The molecular weight excluding hydrogens is 1230 g/mol. The van der Waals surface area contributed by atoms with Gasteiger partial charge in [0.1, 0.15) is 5.75 Å². The van der Waals surface area contributed by atoms with Crippen molar-refractivity contribution in [3.63, 3.8) is 0 Å². The van der Waals surface area contributed by atoms with Crippen LogP contribution >= 0.6 is 23.2 Å². The van der Waals surface area contributed by atoms with Crippen LogP contribution in [0.2, 0.25) is 10.0 Å². The topological polar surface area (TPSA) is 179 Å². The number of aromatic amines is 3. The molecule has 1 unspecified atom stereocenters. The lowest BCUT2D eigenvalue weighted by atomic mass is 9.96. The molecule has 9 aromatic carbocycles. The molecular formula is C71H50Cl2F5N7O5S. The van der Waals surface area contributed by atoms with Crippen LogP contribution in [0.25, 0.3) is 66.5 Å². The predicted molar refractivity (Wildman–Crippen MR) is 347 cm³/mol. The Morgan fingerprint density at radius 3 is 1.46 bits per heavy atom. The van der Waals surface area contributed by atoms with Gasteiger partial charge < -0.3 is 24.8 Å². The number of aliphatic hydroxyl groups excluding tert-OH is 1. The predicted octanol–water partition coefficient (Wildman–Crippen LogP) is 16.7. The zero-order valence-corrected chi connectivity index (χ0v) is 50.6. The number of Topliss-reactive ketones (excluding diaryl/α,β-unsaturated/α-hetero) is 1. The van der Waals surface area contributed by atoms with E-state index in [1.807, 2.05) is 133 Å². The fourth-order valence-electron chi connectivity index (χ4n) is 9.27. The molecule has 0 saturated heterocycles. The largest absolute Gasteiger partial charge is 0.516 e. The van der Waals surface area contributed by atoms with Gasteiger partial charge in [-0.05, 0) is 168 Å². The Hall–Kier alpha value is -10.5. The van der Waals surface area contributed by atoms with E-state index in [4.69, 9.17) is 27.9 Å². The molecule has 0 radical (unpaired) electrons. The number of aromatic nitrogens is 6. The lowest BCUT2D eigenvalue weighted by Crippen LogP contribution is -2.30. The number of carbonyl (C=O) groups is 1. The molecule has 0 amide bonds. The van der Waals surface area contributed by atoms with Crippen LogP contribution in [0, 0.1) is 35.5 Å². The van der Waals surface area contributed by atoms with Crippen molar-refractivity contribution < 1.29 is 45.0 Å². The van der Waals surface area contributed by atoms with Gasteiger partial charge in [0.25, 0.3) is 5.92 Å². The number of halogens is 7. The normalized spacial score (nSPS) is 11.5. The van der Waals surface area contributed by atoms with Gasteiger partial charge in [0.15, 0.2) is 29.9 Å². The van der Waals surface area contributed by atoms with Crippen molar-refractivity contribution in [2.24, 2.45) is 0 Å². The van der Waals surface area contributed by atoms with Crippen LogP contribution in [0.1, 0.15) is 77.0 Å². The molecule has 20 heteroatoms. The summed E-state index contributed by atoms with van der Waals surface area (Å²) in [5.41, 5.74) is 7.30. The van der Waals surface area contributed by atoms with Crippen molar-refractivity contribution in [1.82, 2.24) is 29.9 Å². The number of fused-ring (bicyclic) bond motifs is 3. The van der Waals surface area contributed by atoms with Crippen LogP contribution in [-0.4, -0.2) is 67.2 Å². The van der Waals surface area contributed by atoms with Crippen molar-refractivity contribution in [3.05, 3.63) is 256 Å². The highest BCUT2D eigenvalue weighted by Crippen LogP contribution is 2.35. The first-order valence-corrected chi connectivity index (χ1v) is 30.0. The Balaban J connectivity index is 0.000000153. The minimum absolute atomic E-state index is 0.0448. The quantitative estimate of drug-likeness (QED) is 0.0510. The Bertz CT molecular complexity index is 5000. The van der Waals surface area contributed by atoms with E-state index in [0.29, 0.717) is 55.2 Å². The van der Waals surface area contributed by atoms with Crippen LogP contribution < -0.4 is 9.46 Å². The number of nitrogens with zero attached hydrogens (tertiary/aromatic N) is 3. The summed E-state index contributed by atoms with van der Waals surface area (Å²) in [6.45, 7) is 3.38. The molecule has 454 valence electrons. The third kappa shape index (κ3) is 16.4. The summed E-state index contributed by atoms with van der Waals surface area (Å²) in [6.07, 6.45) is -0.530. The number of H-pyrrole nitrogens is 3. The lowest BCUT2D eigenvalue weighted by molar-refractivity contribution is -0.0429. The summed E-state index contributed by atoms with van der Waals surface area (Å²) < 4.78 is 94.2. The van der Waals surface area contributed by atoms with Gasteiger partial charge in [-0.25, -0.2) is 23.7 Å². The van der Waals surface area contributed by atoms with E-state index >= 15 is 0 Å². The van der Waals surface area contributed by atoms with Crippen molar-refractivity contribution >= 4 is 77.8 Å². The van der Waals surface area contributed by atoms with Gasteiger partial charge in [-0.2, -0.15) is 21.6 Å². The second-order valence-electron chi connectivity index (χ2n) is 20.6. The first-order chi connectivity index (χ1) is 43.5. The van der Waals surface area contributed by atoms with Crippen LogP contribution in [0.4, 0.5) is 27.6 Å². The number of ether oxygens (including phenoxy) is 1. The number of imidazole rings is 3. The van der Waals surface area contributed by atoms with E-state index in [-0.39, 0.29) is 22.8 Å². The smallest absolute Gasteiger partial charge is 0.487 e.